The second kappa shape index (κ2) is 5.14. The van der Waals surface area contributed by atoms with E-state index in [0.29, 0.717) is 0 Å². The summed E-state index contributed by atoms with van der Waals surface area (Å²) in [5.74, 6) is -2.03. The van der Waals surface area contributed by atoms with Gasteiger partial charge in [0.25, 0.3) is 0 Å². The number of methoxy groups -OCH3 is 2. The number of rotatable bonds is 4. The van der Waals surface area contributed by atoms with Crippen molar-refractivity contribution >= 4 is 17.6 Å². The highest BCUT2D eigenvalue weighted by Crippen LogP contribution is 2.45. The van der Waals surface area contributed by atoms with Crippen LogP contribution < -0.4 is 9.47 Å². The first-order chi connectivity index (χ1) is 7.93. The third-order valence-corrected chi connectivity index (χ3v) is 2.75. The number of phenolic OH excluding ortho intramolecular Hbond substituents is 1. The molecule has 0 aromatic heterocycles. The fraction of sp³-hybridized carbons (Fsp3) is 0.364. The molecule has 0 aliphatic heterocycles. The number of halogens is 1. The van der Waals surface area contributed by atoms with Gasteiger partial charge in [0.15, 0.2) is 11.5 Å². The van der Waals surface area contributed by atoms with Crippen molar-refractivity contribution in [2.24, 2.45) is 0 Å². The molecule has 0 amide bonds. The predicted molar refractivity (Wildman–Crippen MR) is 62.3 cm³/mol. The van der Waals surface area contributed by atoms with Crippen LogP contribution in [0.2, 0.25) is 5.02 Å². The van der Waals surface area contributed by atoms with Gasteiger partial charge in [0, 0.05) is 11.6 Å². The molecule has 0 spiro atoms. The van der Waals surface area contributed by atoms with Gasteiger partial charge in [0.1, 0.15) is 0 Å². The largest absolute Gasteiger partial charge is 0.504 e. The van der Waals surface area contributed by atoms with E-state index in [-0.39, 0.29) is 27.8 Å². The summed E-state index contributed by atoms with van der Waals surface area (Å²) in [5, 5.41) is 19.0. The first kappa shape index (κ1) is 13.4. The summed E-state index contributed by atoms with van der Waals surface area (Å²) in [5.41, 5.74) is 0.108. The Hall–Kier alpha value is -1.62. The van der Waals surface area contributed by atoms with Crippen molar-refractivity contribution in [2.75, 3.05) is 14.2 Å². The summed E-state index contributed by atoms with van der Waals surface area (Å²) < 4.78 is 9.94. The standard InChI is InChI=1S/C11H13ClO5/c1-5(11(14)15)8-6(12)4-7(16-2)10(17-3)9(8)13/h4-5,13H,1-3H3,(H,14,15). The number of ether oxygens (including phenoxy) is 2. The molecule has 1 aromatic rings. The zero-order valence-electron chi connectivity index (χ0n) is 9.65. The van der Waals surface area contributed by atoms with Crippen molar-refractivity contribution in [3.05, 3.63) is 16.7 Å². The van der Waals surface area contributed by atoms with Crippen LogP contribution in [0, 0.1) is 0 Å². The van der Waals surface area contributed by atoms with Gasteiger partial charge in [-0.1, -0.05) is 11.6 Å². The first-order valence-electron chi connectivity index (χ1n) is 4.80. The number of aliphatic carboxylic acids is 1. The van der Waals surface area contributed by atoms with Crippen LogP contribution in [0.25, 0.3) is 0 Å². The molecule has 17 heavy (non-hydrogen) atoms. The highest BCUT2D eigenvalue weighted by atomic mass is 35.5. The van der Waals surface area contributed by atoms with Crippen molar-refractivity contribution in [3.8, 4) is 17.2 Å². The quantitative estimate of drug-likeness (QED) is 0.868. The molecular weight excluding hydrogens is 248 g/mol. The highest BCUT2D eigenvalue weighted by molar-refractivity contribution is 6.32. The second-order valence-electron chi connectivity index (χ2n) is 3.42. The van der Waals surface area contributed by atoms with E-state index in [1.807, 2.05) is 0 Å². The van der Waals surface area contributed by atoms with Crippen LogP contribution in [0.15, 0.2) is 6.07 Å². The minimum atomic E-state index is -1.09. The molecule has 0 radical (unpaired) electrons. The minimum absolute atomic E-state index is 0.0694. The average molecular weight is 261 g/mol. The van der Waals surface area contributed by atoms with Gasteiger partial charge in [-0.2, -0.15) is 0 Å². The molecule has 1 unspecified atom stereocenters. The fourth-order valence-electron chi connectivity index (χ4n) is 1.49. The third kappa shape index (κ3) is 2.39. The van der Waals surface area contributed by atoms with Crippen LogP contribution in [-0.2, 0) is 4.79 Å². The normalized spacial score (nSPS) is 12.0. The summed E-state index contributed by atoms with van der Waals surface area (Å²) in [6.07, 6.45) is 0. The van der Waals surface area contributed by atoms with Gasteiger partial charge in [-0.25, -0.2) is 0 Å². The molecule has 0 aliphatic rings. The van der Waals surface area contributed by atoms with E-state index < -0.39 is 11.9 Å². The Morgan fingerprint density at radius 3 is 2.41 bits per heavy atom. The van der Waals surface area contributed by atoms with Gasteiger partial charge in [-0.3, -0.25) is 4.79 Å². The Bertz CT molecular complexity index is 444. The van der Waals surface area contributed by atoms with E-state index >= 15 is 0 Å². The van der Waals surface area contributed by atoms with Gasteiger partial charge < -0.3 is 19.7 Å². The van der Waals surface area contributed by atoms with Gasteiger partial charge in [-0.05, 0) is 6.92 Å². The zero-order valence-corrected chi connectivity index (χ0v) is 10.4. The molecule has 0 saturated carbocycles. The van der Waals surface area contributed by atoms with Crippen LogP contribution in [0.3, 0.4) is 0 Å². The number of carboxylic acid groups (broad SMARTS) is 1. The Morgan fingerprint density at radius 1 is 1.41 bits per heavy atom. The molecule has 1 atom stereocenters. The van der Waals surface area contributed by atoms with E-state index in [9.17, 15) is 9.90 Å². The lowest BCUT2D eigenvalue weighted by Crippen LogP contribution is -2.09. The maximum Gasteiger partial charge on any atom is 0.310 e. The smallest absolute Gasteiger partial charge is 0.310 e. The first-order valence-corrected chi connectivity index (χ1v) is 5.18. The number of carboxylic acids is 1. The number of carbonyl (C=O) groups is 1. The van der Waals surface area contributed by atoms with Crippen LogP contribution >= 0.6 is 11.6 Å². The van der Waals surface area contributed by atoms with Gasteiger partial charge >= 0.3 is 5.97 Å². The highest BCUT2D eigenvalue weighted by Gasteiger charge is 2.26. The monoisotopic (exact) mass is 260 g/mol. The summed E-state index contributed by atoms with van der Waals surface area (Å²) in [7, 11) is 2.74. The molecule has 0 saturated heterocycles. The lowest BCUT2D eigenvalue weighted by atomic mass is 9.99. The summed E-state index contributed by atoms with van der Waals surface area (Å²) in [4.78, 5) is 10.9. The van der Waals surface area contributed by atoms with Gasteiger partial charge in [0.05, 0.1) is 25.2 Å². The van der Waals surface area contributed by atoms with E-state index in [2.05, 4.69) is 0 Å². The van der Waals surface area contributed by atoms with E-state index in [0.717, 1.165) is 0 Å². The molecule has 0 aliphatic carbocycles. The topological polar surface area (TPSA) is 76.0 Å². The molecule has 5 nitrogen and oxygen atoms in total. The molecule has 1 aromatic carbocycles. The minimum Gasteiger partial charge on any atom is -0.504 e. The fourth-order valence-corrected chi connectivity index (χ4v) is 1.85. The molecule has 0 bridgehead atoms. The van der Waals surface area contributed by atoms with Gasteiger partial charge in [0.2, 0.25) is 5.75 Å². The number of benzene rings is 1. The van der Waals surface area contributed by atoms with E-state index in [1.54, 1.807) is 0 Å². The third-order valence-electron chi connectivity index (χ3n) is 2.44. The molecule has 2 N–H and O–H groups in total. The maximum atomic E-state index is 10.9. The van der Waals surface area contributed by atoms with Crippen LogP contribution in [-0.4, -0.2) is 30.4 Å². The van der Waals surface area contributed by atoms with Gasteiger partial charge in [-0.15, -0.1) is 0 Å². The Labute approximate surface area is 104 Å². The van der Waals surface area contributed by atoms with Crippen LogP contribution in [0.4, 0.5) is 0 Å². The Morgan fingerprint density at radius 2 is 2.00 bits per heavy atom. The van der Waals surface area contributed by atoms with E-state index in [1.165, 1.54) is 27.2 Å². The molecule has 94 valence electrons. The Balaban J connectivity index is 3.47. The number of aromatic hydroxyl groups is 1. The number of hydrogen-bond acceptors (Lipinski definition) is 4. The van der Waals surface area contributed by atoms with E-state index in [4.69, 9.17) is 26.2 Å². The lowest BCUT2D eigenvalue weighted by Gasteiger charge is -2.16. The van der Waals surface area contributed by atoms with Crippen LogP contribution in [0.5, 0.6) is 17.2 Å². The number of hydrogen-bond donors (Lipinski definition) is 2. The van der Waals surface area contributed by atoms with Crippen molar-refractivity contribution in [1.29, 1.82) is 0 Å². The van der Waals surface area contributed by atoms with Crippen molar-refractivity contribution < 1.29 is 24.5 Å². The molecule has 1 rings (SSSR count). The van der Waals surface area contributed by atoms with Crippen molar-refractivity contribution in [3.63, 3.8) is 0 Å². The van der Waals surface area contributed by atoms with Crippen LogP contribution in [0.1, 0.15) is 18.4 Å². The molecule has 0 fully saturated rings. The Kier molecular flexibility index (Phi) is 4.07. The molecule has 6 heteroatoms. The number of phenols is 1. The SMILES string of the molecule is COc1cc(Cl)c(C(C)C(=O)O)c(O)c1OC. The summed E-state index contributed by atoms with van der Waals surface area (Å²) in [6.45, 7) is 1.43. The molecular formula is C11H13ClO5. The molecule has 0 heterocycles. The second-order valence-corrected chi connectivity index (χ2v) is 3.82. The maximum absolute atomic E-state index is 10.9. The zero-order chi connectivity index (χ0) is 13.2. The summed E-state index contributed by atoms with van der Waals surface area (Å²) >= 11 is 5.92. The predicted octanol–water partition coefficient (Wildman–Crippen LogP) is 2.25. The average Bonchev–Trinajstić information content (AvgIpc) is 2.27. The summed E-state index contributed by atoms with van der Waals surface area (Å²) in [6, 6.07) is 1.41. The lowest BCUT2D eigenvalue weighted by molar-refractivity contribution is -0.138. The van der Waals surface area contributed by atoms with Crippen molar-refractivity contribution in [2.45, 2.75) is 12.8 Å². The van der Waals surface area contributed by atoms with Crippen molar-refractivity contribution in [1.82, 2.24) is 0 Å².